The zero-order chi connectivity index (χ0) is 11.7. The summed E-state index contributed by atoms with van der Waals surface area (Å²) in [6, 6.07) is 5.75. The molecule has 1 aromatic carbocycles. The van der Waals surface area contributed by atoms with Crippen LogP contribution in [-0.4, -0.2) is 24.1 Å². The summed E-state index contributed by atoms with van der Waals surface area (Å²) in [6.45, 7) is 2.59. The Kier molecular flexibility index (Phi) is 2.82. The summed E-state index contributed by atoms with van der Waals surface area (Å²) in [5.74, 6) is -0.0422. The molecule has 0 bridgehead atoms. The minimum Gasteiger partial charge on any atom is -0.372 e. The van der Waals surface area contributed by atoms with Crippen molar-refractivity contribution in [3.8, 4) is 0 Å². The van der Waals surface area contributed by atoms with Crippen molar-refractivity contribution < 1.29 is 14.4 Å². The number of fused-ring (bicyclic) bond motifs is 1. The van der Waals surface area contributed by atoms with Gasteiger partial charge in [0.1, 0.15) is 0 Å². The first-order valence-corrected chi connectivity index (χ1v) is 5.99. The van der Waals surface area contributed by atoms with Gasteiger partial charge in [-0.1, -0.05) is 6.07 Å². The third-order valence-corrected chi connectivity index (χ3v) is 3.20. The molecule has 1 amide bonds. The Morgan fingerprint density at radius 1 is 1.18 bits per heavy atom. The number of hydroxylamine groups is 2. The molecule has 4 heteroatoms. The molecule has 0 unspecified atom stereocenters. The monoisotopic (exact) mass is 233 g/mol. The molecule has 1 saturated heterocycles. The largest absolute Gasteiger partial charge is 0.372 e. The molecule has 4 nitrogen and oxygen atoms in total. The molecule has 0 N–H and O–H groups in total. The zero-order valence-corrected chi connectivity index (χ0v) is 9.65. The van der Waals surface area contributed by atoms with Gasteiger partial charge in [-0.3, -0.25) is 9.63 Å². The molecule has 2 aliphatic heterocycles. The normalized spacial score (nSPS) is 19.2. The molecule has 0 aromatic heterocycles. The molecule has 0 radical (unpaired) electrons. The third kappa shape index (κ3) is 2.06. The van der Waals surface area contributed by atoms with Crippen molar-refractivity contribution in [1.82, 2.24) is 5.06 Å². The van der Waals surface area contributed by atoms with E-state index in [1.54, 1.807) is 0 Å². The number of carbonyl (C=O) groups excluding carboxylic acids is 1. The number of ether oxygens (including phenoxy) is 1. The van der Waals surface area contributed by atoms with E-state index in [9.17, 15) is 4.79 Å². The molecule has 1 aromatic rings. The van der Waals surface area contributed by atoms with E-state index in [0.29, 0.717) is 31.9 Å². The number of carbonyl (C=O) groups is 1. The molecule has 90 valence electrons. The summed E-state index contributed by atoms with van der Waals surface area (Å²) < 4.78 is 5.34. The van der Waals surface area contributed by atoms with Crippen LogP contribution in [0.4, 0.5) is 0 Å². The summed E-state index contributed by atoms with van der Waals surface area (Å²) in [6.07, 6.45) is 2.04. The van der Waals surface area contributed by atoms with Crippen LogP contribution in [-0.2, 0) is 22.8 Å². The van der Waals surface area contributed by atoms with E-state index in [2.05, 4.69) is 0 Å². The van der Waals surface area contributed by atoms with Crippen LogP contribution in [0, 0.1) is 0 Å². The molecule has 2 aliphatic rings. The molecule has 0 spiro atoms. The molecular formula is C13H15NO3. The van der Waals surface area contributed by atoms with E-state index in [-0.39, 0.29) is 5.91 Å². The van der Waals surface area contributed by atoms with Crippen molar-refractivity contribution in [3.05, 3.63) is 34.9 Å². The first kappa shape index (κ1) is 10.7. The van der Waals surface area contributed by atoms with Crippen molar-refractivity contribution in [2.45, 2.75) is 26.1 Å². The summed E-state index contributed by atoms with van der Waals surface area (Å²) >= 11 is 0. The van der Waals surface area contributed by atoms with Gasteiger partial charge in [0, 0.05) is 12.1 Å². The van der Waals surface area contributed by atoms with Crippen molar-refractivity contribution in [1.29, 1.82) is 0 Å². The van der Waals surface area contributed by atoms with E-state index in [4.69, 9.17) is 9.57 Å². The first-order chi connectivity index (χ1) is 8.34. The number of hydrogen-bond acceptors (Lipinski definition) is 3. The Morgan fingerprint density at radius 3 is 2.88 bits per heavy atom. The quantitative estimate of drug-likeness (QED) is 0.743. The predicted molar refractivity (Wildman–Crippen MR) is 61.2 cm³/mol. The van der Waals surface area contributed by atoms with Crippen LogP contribution >= 0.6 is 0 Å². The third-order valence-electron chi connectivity index (χ3n) is 3.20. The van der Waals surface area contributed by atoms with Gasteiger partial charge in [-0.2, -0.15) is 0 Å². The van der Waals surface area contributed by atoms with Crippen LogP contribution < -0.4 is 0 Å². The first-order valence-electron chi connectivity index (χ1n) is 5.99. The fourth-order valence-corrected chi connectivity index (χ4v) is 2.21. The van der Waals surface area contributed by atoms with Gasteiger partial charge < -0.3 is 4.74 Å². The van der Waals surface area contributed by atoms with E-state index in [1.807, 2.05) is 18.2 Å². The Hall–Kier alpha value is -1.39. The molecule has 0 aliphatic carbocycles. The smallest absolute Gasteiger partial charge is 0.277 e. The topological polar surface area (TPSA) is 38.8 Å². The SMILES string of the molecule is O=C(c1ccc2c(c1)COC2)N1CCCCO1. The highest BCUT2D eigenvalue weighted by molar-refractivity contribution is 5.93. The van der Waals surface area contributed by atoms with Crippen molar-refractivity contribution >= 4 is 5.91 Å². The fourth-order valence-electron chi connectivity index (χ4n) is 2.21. The van der Waals surface area contributed by atoms with E-state index >= 15 is 0 Å². The van der Waals surface area contributed by atoms with Gasteiger partial charge in [-0.15, -0.1) is 0 Å². The number of amides is 1. The van der Waals surface area contributed by atoms with E-state index < -0.39 is 0 Å². The summed E-state index contributed by atoms with van der Waals surface area (Å²) in [5.41, 5.74) is 2.99. The lowest BCUT2D eigenvalue weighted by atomic mass is 10.1. The van der Waals surface area contributed by atoms with Crippen LogP contribution in [0.3, 0.4) is 0 Å². The Balaban J connectivity index is 1.81. The van der Waals surface area contributed by atoms with Gasteiger partial charge in [0.15, 0.2) is 0 Å². The van der Waals surface area contributed by atoms with E-state index in [0.717, 1.165) is 18.4 Å². The predicted octanol–water partition coefficient (Wildman–Crippen LogP) is 1.88. The van der Waals surface area contributed by atoms with Crippen LogP contribution in [0.25, 0.3) is 0 Å². The number of nitrogens with zero attached hydrogens (tertiary/aromatic N) is 1. The highest BCUT2D eigenvalue weighted by Crippen LogP contribution is 2.22. The molecular weight excluding hydrogens is 218 g/mol. The van der Waals surface area contributed by atoms with Crippen molar-refractivity contribution in [2.75, 3.05) is 13.2 Å². The lowest BCUT2D eigenvalue weighted by Gasteiger charge is -2.25. The standard InChI is InChI=1S/C13H15NO3/c15-13(14-5-1-2-6-17-14)10-3-4-11-8-16-9-12(11)7-10/h3-4,7H,1-2,5-6,8-9H2. The van der Waals surface area contributed by atoms with Crippen molar-refractivity contribution in [2.24, 2.45) is 0 Å². The second-order valence-corrected chi connectivity index (χ2v) is 4.42. The highest BCUT2D eigenvalue weighted by Gasteiger charge is 2.21. The molecule has 17 heavy (non-hydrogen) atoms. The second kappa shape index (κ2) is 4.47. The van der Waals surface area contributed by atoms with Crippen LogP contribution in [0.15, 0.2) is 18.2 Å². The molecule has 0 saturated carbocycles. The average Bonchev–Trinajstić information content (AvgIpc) is 2.86. The lowest BCUT2D eigenvalue weighted by Crippen LogP contribution is -2.35. The van der Waals surface area contributed by atoms with Gasteiger partial charge in [-0.05, 0) is 36.1 Å². The minimum atomic E-state index is -0.0422. The van der Waals surface area contributed by atoms with E-state index in [1.165, 1.54) is 10.6 Å². The van der Waals surface area contributed by atoms with Crippen LogP contribution in [0.5, 0.6) is 0 Å². The summed E-state index contributed by atoms with van der Waals surface area (Å²) in [5, 5.41) is 1.47. The van der Waals surface area contributed by atoms with Gasteiger partial charge in [0.05, 0.1) is 19.8 Å². The van der Waals surface area contributed by atoms with Gasteiger partial charge in [0.25, 0.3) is 5.91 Å². The van der Waals surface area contributed by atoms with Gasteiger partial charge in [-0.25, -0.2) is 5.06 Å². The second-order valence-electron chi connectivity index (χ2n) is 4.42. The number of benzene rings is 1. The molecule has 0 atom stereocenters. The van der Waals surface area contributed by atoms with Gasteiger partial charge >= 0.3 is 0 Å². The molecule has 3 rings (SSSR count). The maximum Gasteiger partial charge on any atom is 0.277 e. The summed E-state index contributed by atoms with van der Waals surface area (Å²) in [7, 11) is 0. The molecule has 1 fully saturated rings. The van der Waals surface area contributed by atoms with Gasteiger partial charge in [0.2, 0.25) is 0 Å². The maximum atomic E-state index is 12.2. The lowest BCUT2D eigenvalue weighted by molar-refractivity contribution is -0.144. The number of hydrogen-bond donors (Lipinski definition) is 0. The number of rotatable bonds is 1. The van der Waals surface area contributed by atoms with Crippen LogP contribution in [0.2, 0.25) is 0 Å². The van der Waals surface area contributed by atoms with Crippen molar-refractivity contribution in [3.63, 3.8) is 0 Å². The molecule has 2 heterocycles. The van der Waals surface area contributed by atoms with Crippen LogP contribution in [0.1, 0.15) is 34.3 Å². The Bertz CT molecular complexity index is 438. The Morgan fingerprint density at radius 2 is 2.06 bits per heavy atom. The highest BCUT2D eigenvalue weighted by atomic mass is 16.7. The zero-order valence-electron chi connectivity index (χ0n) is 9.65. The summed E-state index contributed by atoms with van der Waals surface area (Å²) in [4.78, 5) is 17.5. The maximum absolute atomic E-state index is 12.2. The fraction of sp³-hybridized carbons (Fsp3) is 0.462. The minimum absolute atomic E-state index is 0.0422. The Labute approximate surface area is 100 Å². The average molecular weight is 233 g/mol.